The molecule has 1 aromatic heterocycles. The number of amides is 1. The zero-order chi connectivity index (χ0) is 21.5. The lowest BCUT2D eigenvalue weighted by molar-refractivity contribution is -0.137. The molecular formula is C20H22F3N5O2. The predicted molar refractivity (Wildman–Crippen MR) is 104 cm³/mol. The van der Waals surface area contributed by atoms with Gasteiger partial charge >= 0.3 is 6.18 Å². The first-order valence-electron chi connectivity index (χ1n) is 9.66. The van der Waals surface area contributed by atoms with E-state index in [0.717, 1.165) is 30.2 Å². The van der Waals surface area contributed by atoms with Gasteiger partial charge in [-0.1, -0.05) is 6.07 Å². The van der Waals surface area contributed by atoms with Crippen LogP contribution >= 0.6 is 0 Å². The van der Waals surface area contributed by atoms with E-state index in [0.29, 0.717) is 5.69 Å². The number of nitrogens with one attached hydrogen (secondary N) is 2. The van der Waals surface area contributed by atoms with Crippen molar-refractivity contribution in [1.82, 2.24) is 14.9 Å². The van der Waals surface area contributed by atoms with E-state index in [1.807, 2.05) is 23.1 Å². The van der Waals surface area contributed by atoms with Crippen molar-refractivity contribution < 1.29 is 22.7 Å². The topological polar surface area (TPSA) is 79.4 Å². The molecule has 1 fully saturated rings. The molecule has 2 atom stereocenters. The van der Waals surface area contributed by atoms with Crippen molar-refractivity contribution in [3.8, 4) is 0 Å². The number of halogens is 3. The summed E-state index contributed by atoms with van der Waals surface area (Å²) in [5.41, 5.74) is 1.92. The average molecular weight is 421 g/mol. The molecule has 4 rings (SSSR count). The molecule has 7 nitrogen and oxygen atoms in total. The number of fused-ring (bicyclic) bond motifs is 5. The first-order valence-corrected chi connectivity index (χ1v) is 9.66. The molecule has 2 aliphatic heterocycles. The third-order valence-corrected chi connectivity index (χ3v) is 5.50. The molecule has 0 spiro atoms. The highest BCUT2D eigenvalue weighted by atomic mass is 19.4. The van der Waals surface area contributed by atoms with Crippen LogP contribution in [0.25, 0.3) is 0 Å². The second-order valence-corrected chi connectivity index (χ2v) is 7.38. The van der Waals surface area contributed by atoms with Crippen molar-refractivity contribution in [2.24, 2.45) is 0 Å². The van der Waals surface area contributed by atoms with Gasteiger partial charge in [0.05, 0.1) is 18.7 Å². The smallest absolute Gasteiger partial charge is 0.383 e. The summed E-state index contributed by atoms with van der Waals surface area (Å²) in [5.74, 6) is -0.208. The van der Waals surface area contributed by atoms with E-state index >= 15 is 0 Å². The van der Waals surface area contributed by atoms with Gasteiger partial charge in [-0.25, -0.2) is 4.98 Å². The molecule has 1 amide bonds. The number of nitrogens with zero attached hydrogens (tertiary/aromatic N) is 3. The summed E-state index contributed by atoms with van der Waals surface area (Å²) in [6, 6.07) is 5.86. The molecule has 0 saturated carbocycles. The molecule has 1 aromatic carbocycles. The number of alkyl halides is 3. The fraction of sp³-hybridized carbons (Fsp3) is 0.450. The highest BCUT2D eigenvalue weighted by Gasteiger charge is 2.45. The minimum absolute atomic E-state index is 0.0454. The fourth-order valence-corrected chi connectivity index (χ4v) is 4.29. The summed E-state index contributed by atoms with van der Waals surface area (Å²) in [5, 5.41) is 5.63. The number of hydrogen-bond donors (Lipinski definition) is 2. The second-order valence-electron chi connectivity index (χ2n) is 7.38. The molecule has 2 bridgehead atoms. The molecule has 2 aromatic rings. The van der Waals surface area contributed by atoms with E-state index in [4.69, 9.17) is 4.74 Å². The van der Waals surface area contributed by atoms with Crippen LogP contribution in [0.3, 0.4) is 0 Å². The van der Waals surface area contributed by atoms with Gasteiger partial charge in [0.25, 0.3) is 0 Å². The Bertz CT molecular complexity index is 966. The van der Waals surface area contributed by atoms with E-state index in [1.54, 1.807) is 6.92 Å². The van der Waals surface area contributed by atoms with E-state index in [1.165, 1.54) is 7.11 Å². The Balaban J connectivity index is 1.58. The van der Waals surface area contributed by atoms with Crippen LogP contribution in [0.15, 0.2) is 24.4 Å². The van der Waals surface area contributed by atoms with Crippen LogP contribution < -0.4 is 10.6 Å². The number of ether oxygens (including phenoxy) is 1. The number of hydrogen-bond acceptors (Lipinski definition) is 6. The first kappa shape index (κ1) is 20.4. The summed E-state index contributed by atoms with van der Waals surface area (Å²) < 4.78 is 44.6. The Labute approximate surface area is 171 Å². The predicted octanol–water partition coefficient (Wildman–Crippen LogP) is 4.04. The normalized spacial score (nSPS) is 19.7. The van der Waals surface area contributed by atoms with E-state index in [9.17, 15) is 18.0 Å². The van der Waals surface area contributed by atoms with Gasteiger partial charge < -0.3 is 20.3 Å². The number of carbonyl (C=O) groups is 1. The highest BCUT2D eigenvalue weighted by molar-refractivity contribution is 5.77. The maximum Gasteiger partial charge on any atom is 0.421 e. The van der Waals surface area contributed by atoms with Crippen molar-refractivity contribution in [1.29, 1.82) is 0 Å². The van der Waals surface area contributed by atoms with Gasteiger partial charge in [0.1, 0.15) is 11.4 Å². The van der Waals surface area contributed by atoms with E-state index in [-0.39, 0.29) is 42.9 Å². The van der Waals surface area contributed by atoms with E-state index in [2.05, 4.69) is 20.6 Å². The lowest BCUT2D eigenvalue weighted by Gasteiger charge is -2.20. The molecular weight excluding hydrogens is 399 g/mol. The average Bonchev–Trinajstić information content (AvgIpc) is 3.25. The summed E-state index contributed by atoms with van der Waals surface area (Å²) in [4.78, 5) is 21.7. The van der Waals surface area contributed by atoms with Gasteiger partial charge in [0.2, 0.25) is 11.9 Å². The molecule has 160 valence electrons. The number of benzene rings is 1. The van der Waals surface area contributed by atoms with Gasteiger partial charge in [0.15, 0.2) is 0 Å². The molecule has 0 aliphatic carbocycles. The Morgan fingerprint density at radius 2 is 2.00 bits per heavy atom. The number of anilines is 3. The van der Waals surface area contributed by atoms with Crippen molar-refractivity contribution in [3.63, 3.8) is 0 Å². The summed E-state index contributed by atoms with van der Waals surface area (Å²) in [6.45, 7) is 1.99. The zero-order valence-electron chi connectivity index (χ0n) is 16.6. The Kier molecular flexibility index (Phi) is 5.27. The third kappa shape index (κ3) is 3.67. The van der Waals surface area contributed by atoms with Gasteiger partial charge in [0, 0.05) is 32.5 Å². The summed E-state index contributed by atoms with van der Waals surface area (Å²) >= 11 is 0. The molecule has 3 heterocycles. The largest absolute Gasteiger partial charge is 0.421 e. The number of methoxy groups -OCH3 is 1. The lowest BCUT2D eigenvalue weighted by atomic mass is 9.91. The van der Waals surface area contributed by atoms with Crippen LogP contribution in [-0.4, -0.2) is 41.0 Å². The fourth-order valence-electron chi connectivity index (χ4n) is 4.29. The monoisotopic (exact) mass is 421 g/mol. The Hall–Kier alpha value is -2.88. The van der Waals surface area contributed by atoms with E-state index < -0.39 is 11.7 Å². The highest BCUT2D eigenvalue weighted by Crippen LogP contribution is 2.53. The summed E-state index contributed by atoms with van der Waals surface area (Å²) in [7, 11) is 1.47. The molecule has 1 saturated heterocycles. The van der Waals surface area contributed by atoms with Crippen molar-refractivity contribution in [3.05, 3.63) is 41.1 Å². The zero-order valence-corrected chi connectivity index (χ0v) is 16.6. The standard InChI is InChI=1S/C20H22F3N5O2/c1-11(29)28-16-5-6-17(28)14-9-12(3-4-13(14)16)26-19-25-10-15(20(21,22)23)18(27-19)24-7-8-30-2/h3-4,9-10,16-17H,5-8H2,1-2H3,(H2,24,25,26,27). The maximum absolute atomic E-state index is 13.3. The van der Waals surface area contributed by atoms with Crippen LogP contribution in [-0.2, 0) is 15.7 Å². The number of rotatable bonds is 6. The molecule has 2 N–H and O–H groups in total. The maximum atomic E-state index is 13.3. The first-order chi connectivity index (χ1) is 14.3. The van der Waals surface area contributed by atoms with Crippen molar-refractivity contribution in [2.45, 2.75) is 38.0 Å². The van der Waals surface area contributed by atoms with Crippen LogP contribution in [0.1, 0.15) is 48.5 Å². The van der Waals surface area contributed by atoms with Crippen LogP contribution in [0.4, 0.5) is 30.6 Å². The van der Waals surface area contributed by atoms with Crippen molar-refractivity contribution >= 4 is 23.4 Å². The van der Waals surface area contributed by atoms with Crippen LogP contribution in [0.5, 0.6) is 0 Å². The van der Waals surface area contributed by atoms with Crippen LogP contribution in [0.2, 0.25) is 0 Å². The molecule has 30 heavy (non-hydrogen) atoms. The van der Waals surface area contributed by atoms with Gasteiger partial charge in [-0.2, -0.15) is 18.2 Å². The molecule has 0 radical (unpaired) electrons. The number of aromatic nitrogens is 2. The third-order valence-electron chi connectivity index (χ3n) is 5.50. The Morgan fingerprint density at radius 3 is 2.67 bits per heavy atom. The van der Waals surface area contributed by atoms with Gasteiger partial charge in [-0.15, -0.1) is 0 Å². The molecule has 2 unspecified atom stereocenters. The molecule has 2 aliphatic rings. The minimum atomic E-state index is -4.57. The summed E-state index contributed by atoms with van der Waals surface area (Å²) in [6.07, 6.45) is -1.96. The van der Waals surface area contributed by atoms with Crippen LogP contribution in [0, 0.1) is 0 Å². The minimum Gasteiger partial charge on any atom is -0.383 e. The van der Waals surface area contributed by atoms with Crippen molar-refractivity contribution in [2.75, 3.05) is 30.9 Å². The Morgan fingerprint density at radius 1 is 1.27 bits per heavy atom. The number of carbonyl (C=O) groups excluding carboxylic acids is 1. The lowest BCUT2D eigenvalue weighted by Crippen LogP contribution is -2.24. The molecule has 10 heteroatoms. The second kappa shape index (κ2) is 7.75. The SMILES string of the molecule is COCCNc1nc(Nc2ccc3c(c2)C2CCC3N2C(C)=O)ncc1C(F)(F)F. The quantitative estimate of drug-likeness (QED) is 0.686. The van der Waals surface area contributed by atoms with Gasteiger partial charge in [-0.05, 0) is 36.1 Å². The van der Waals surface area contributed by atoms with Gasteiger partial charge in [-0.3, -0.25) is 4.79 Å².